The molecule has 7 heteroatoms. The van der Waals surface area contributed by atoms with E-state index in [4.69, 9.17) is 4.74 Å². The number of alkyl halides is 5. The first-order valence-electron chi connectivity index (χ1n) is 5.09. The average molecular weight is 286 g/mol. The van der Waals surface area contributed by atoms with Crippen molar-refractivity contribution in [3.8, 4) is 5.75 Å². The van der Waals surface area contributed by atoms with Crippen LogP contribution in [0, 0.1) is 0 Å². The Morgan fingerprint density at radius 3 is 2.06 bits per heavy atom. The normalized spacial score (nSPS) is 12.6. The van der Waals surface area contributed by atoms with Gasteiger partial charge in [-0.05, 0) is 30.7 Å². The molecule has 0 bridgehead atoms. The molecule has 0 spiro atoms. The zero-order valence-corrected chi connectivity index (χ0v) is 10.1. The summed E-state index contributed by atoms with van der Waals surface area (Å²) in [6.07, 6.45) is -7.16. The molecule has 0 aliphatic rings. The number of rotatable bonds is 5. The van der Waals surface area contributed by atoms with E-state index in [1.54, 1.807) is 24.3 Å². The number of hydrogen-bond acceptors (Lipinski definition) is 2. The maximum absolute atomic E-state index is 12.5. The summed E-state index contributed by atoms with van der Waals surface area (Å²) >= 11 is 4.03. The molecule has 0 aromatic heterocycles. The first-order chi connectivity index (χ1) is 8.22. The molecule has 0 saturated carbocycles. The Bertz CT molecular complexity index is 374. The summed E-state index contributed by atoms with van der Waals surface area (Å²) in [5.41, 5.74) is 0. The fourth-order valence-electron chi connectivity index (χ4n) is 1.17. The molecule has 0 N–H and O–H groups in total. The quantitative estimate of drug-likeness (QED) is 0.481. The van der Waals surface area contributed by atoms with Crippen LogP contribution in [-0.2, 0) is 0 Å². The van der Waals surface area contributed by atoms with Gasteiger partial charge in [0.1, 0.15) is 5.75 Å². The van der Waals surface area contributed by atoms with E-state index in [9.17, 15) is 22.0 Å². The van der Waals surface area contributed by atoms with Gasteiger partial charge in [0.15, 0.2) is 0 Å². The van der Waals surface area contributed by atoms with Crippen molar-refractivity contribution >= 4 is 12.6 Å². The molecule has 0 fully saturated rings. The van der Waals surface area contributed by atoms with Crippen LogP contribution in [0.2, 0.25) is 0 Å². The largest absolute Gasteiger partial charge is 0.494 e. The summed E-state index contributed by atoms with van der Waals surface area (Å²) < 4.78 is 65.6. The molecular formula is C11H11F5OS. The molecule has 0 unspecified atom stereocenters. The van der Waals surface area contributed by atoms with E-state index < -0.39 is 18.5 Å². The van der Waals surface area contributed by atoms with Gasteiger partial charge in [0.05, 0.1) is 6.61 Å². The van der Waals surface area contributed by atoms with Crippen LogP contribution in [-0.4, -0.2) is 18.7 Å². The first kappa shape index (κ1) is 15.1. The van der Waals surface area contributed by atoms with E-state index in [0.29, 0.717) is 10.6 Å². The highest BCUT2D eigenvalue weighted by molar-refractivity contribution is 7.80. The van der Waals surface area contributed by atoms with Crippen molar-refractivity contribution in [3.63, 3.8) is 0 Å². The second-order valence-electron chi connectivity index (χ2n) is 3.65. The Balaban J connectivity index is 2.33. The minimum Gasteiger partial charge on any atom is -0.494 e. The molecule has 0 saturated heterocycles. The highest BCUT2D eigenvalue weighted by atomic mass is 32.1. The summed E-state index contributed by atoms with van der Waals surface area (Å²) in [4.78, 5) is 0.700. The molecule has 0 radical (unpaired) electrons. The lowest BCUT2D eigenvalue weighted by atomic mass is 10.2. The van der Waals surface area contributed by atoms with Gasteiger partial charge in [-0.1, -0.05) is 0 Å². The van der Waals surface area contributed by atoms with Gasteiger partial charge in [-0.25, -0.2) is 0 Å². The molecule has 0 aliphatic carbocycles. The zero-order valence-electron chi connectivity index (χ0n) is 9.18. The zero-order chi connectivity index (χ0) is 13.8. The maximum Gasteiger partial charge on any atom is 0.453 e. The van der Waals surface area contributed by atoms with E-state index in [2.05, 4.69) is 12.6 Å². The smallest absolute Gasteiger partial charge is 0.453 e. The summed E-state index contributed by atoms with van der Waals surface area (Å²) in [6, 6.07) is 6.37. The van der Waals surface area contributed by atoms with Crippen LogP contribution in [0.15, 0.2) is 29.2 Å². The lowest BCUT2D eigenvalue weighted by Gasteiger charge is -2.19. The van der Waals surface area contributed by atoms with Crippen LogP contribution in [0.1, 0.15) is 12.8 Å². The van der Waals surface area contributed by atoms with Gasteiger partial charge in [-0.15, -0.1) is 12.6 Å². The topological polar surface area (TPSA) is 9.23 Å². The maximum atomic E-state index is 12.5. The molecule has 0 amide bonds. The van der Waals surface area contributed by atoms with E-state index in [0.717, 1.165) is 0 Å². The van der Waals surface area contributed by atoms with Gasteiger partial charge in [0, 0.05) is 11.3 Å². The highest BCUT2D eigenvalue weighted by Crippen LogP contribution is 2.38. The van der Waals surface area contributed by atoms with Crippen molar-refractivity contribution in [1.29, 1.82) is 0 Å². The third-order valence-electron chi connectivity index (χ3n) is 2.16. The summed E-state index contributed by atoms with van der Waals surface area (Å²) in [7, 11) is 0. The van der Waals surface area contributed by atoms with Crippen molar-refractivity contribution in [3.05, 3.63) is 24.3 Å². The second-order valence-corrected chi connectivity index (χ2v) is 4.16. The second kappa shape index (κ2) is 5.77. The van der Waals surface area contributed by atoms with Gasteiger partial charge >= 0.3 is 12.1 Å². The van der Waals surface area contributed by atoms with Gasteiger partial charge in [0.2, 0.25) is 0 Å². The van der Waals surface area contributed by atoms with Crippen LogP contribution in [0.4, 0.5) is 22.0 Å². The Kier molecular flexibility index (Phi) is 4.84. The van der Waals surface area contributed by atoms with Crippen LogP contribution < -0.4 is 4.74 Å². The van der Waals surface area contributed by atoms with E-state index >= 15 is 0 Å². The number of halogens is 5. The van der Waals surface area contributed by atoms with Crippen LogP contribution in [0.25, 0.3) is 0 Å². The Morgan fingerprint density at radius 1 is 1.00 bits per heavy atom. The molecule has 0 heterocycles. The number of hydrogen-bond donors (Lipinski definition) is 1. The predicted molar refractivity (Wildman–Crippen MR) is 59.4 cm³/mol. The first-order valence-corrected chi connectivity index (χ1v) is 5.53. The van der Waals surface area contributed by atoms with Crippen LogP contribution in [0.3, 0.4) is 0 Å². The minimum absolute atomic E-state index is 0.197. The Labute approximate surface area is 106 Å². The molecular weight excluding hydrogens is 275 g/mol. The lowest BCUT2D eigenvalue weighted by molar-refractivity contribution is -0.284. The summed E-state index contributed by atoms with van der Waals surface area (Å²) in [5, 5.41) is 0. The summed E-state index contributed by atoms with van der Waals surface area (Å²) in [6.45, 7) is -0.197. The van der Waals surface area contributed by atoms with Crippen molar-refractivity contribution in [2.75, 3.05) is 6.61 Å². The fourth-order valence-corrected chi connectivity index (χ4v) is 1.32. The van der Waals surface area contributed by atoms with Crippen LogP contribution >= 0.6 is 12.6 Å². The molecule has 0 atom stereocenters. The SMILES string of the molecule is FC(F)(F)C(F)(F)CCCOc1ccc(S)cc1. The Morgan fingerprint density at radius 2 is 1.56 bits per heavy atom. The van der Waals surface area contributed by atoms with Crippen molar-refractivity contribution in [1.82, 2.24) is 0 Å². The lowest BCUT2D eigenvalue weighted by Crippen LogP contribution is -2.36. The van der Waals surface area contributed by atoms with Crippen LogP contribution in [0.5, 0.6) is 5.75 Å². The third kappa shape index (κ3) is 4.36. The molecule has 1 rings (SSSR count). The van der Waals surface area contributed by atoms with Crippen molar-refractivity contribution in [2.45, 2.75) is 29.8 Å². The monoisotopic (exact) mass is 286 g/mol. The number of benzene rings is 1. The van der Waals surface area contributed by atoms with Gasteiger partial charge in [-0.3, -0.25) is 0 Å². The van der Waals surface area contributed by atoms with E-state index in [1.807, 2.05) is 0 Å². The molecule has 1 aromatic rings. The van der Waals surface area contributed by atoms with Gasteiger partial charge in [0.25, 0.3) is 0 Å². The molecule has 18 heavy (non-hydrogen) atoms. The standard InChI is InChI=1S/C11H11F5OS/c12-10(13,11(14,15)16)6-1-7-17-8-2-4-9(18)5-3-8/h2-5,18H,1,6-7H2. The van der Waals surface area contributed by atoms with E-state index in [1.165, 1.54) is 0 Å². The number of thiol groups is 1. The predicted octanol–water partition coefficient (Wildman–Crippen LogP) is 4.33. The van der Waals surface area contributed by atoms with Crippen molar-refractivity contribution in [2.24, 2.45) is 0 Å². The van der Waals surface area contributed by atoms with E-state index in [-0.39, 0.29) is 13.0 Å². The van der Waals surface area contributed by atoms with Crippen molar-refractivity contribution < 1.29 is 26.7 Å². The average Bonchev–Trinajstić information content (AvgIpc) is 2.25. The fraction of sp³-hybridized carbons (Fsp3) is 0.455. The molecule has 1 aromatic carbocycles. The van der Waals surface area contributed by atoms with Gasteiger partial charge < -0.3 is 4.74 Å². The molecule has 102 valence electrons. The van der Waals surface area contributed by atoms with Gasteiger partial charge in [-0.2, -0.15) is 22.0 Å². The third-order valence-corrected chi connectivity index (χ3v) is 2.45. The molecule has 1 nitrogen and oxygen atoms in total. The molecule has 0 aliphatic heterocycles. The minimum atomic E-state index is -5.50. The number of ether oxygens (including phenoxy) is 1. The summed E-state index contributed by atoms with van der Waals surface area (Å²) in [5.74, 6) is -4.26. The highest BCUT2D eigenvalue weighted by Gasteiger charge is 2.56. The Hall–Kier alpha value is -0.980.